The van der Waals surface area contributed by atoms with Gasteiger partial charge >= 0.3 is 12.3 Å². The first-order chi connectivity index (χ1) is 22.4. The van der Waals surface area contributed by atoms with Crippen molar-refractivity contribution in [3.8, 4) is 11.5 Å². The van der Waals surface area contributed by atoms with Crippen molar-refractivity contribution in [1.29, 1.82) is 0 Å². The second kappa shape index (κ2) is 12.9. The molecule has 4 aliphatic carbocycles. The topological polar surface area (TPSA) is 114 Å². The van der Waals surface area contributed by atoms with E-state index in [1.807, 2.05) is 24.8 Å². The standard InChI is InChI=1S/C39H57NO7S/c1-11-39-19-17-37(9)25-20-26(46-33(42)44-12-2)31(47-34(43)45-13-3)24(6)30(25)27(48-23(4)5)21-28(37)38(39,10)18-16-35(7)14-15-36(8,32(40)41)22-29(35)39/h20-21,23,27,29H,11-19,22H2,1-10H3,(H2,40,41)/t27?,29-,35-,36-,37+,38-,39+/m1/s1. The van der Waals surface area contributed by atoms with E-state index in [0.29, 0.717) is 11.2 Å². The van der Waals surface area contributed by atoms with Crippen molar-refractivity contribution in [2.75, 3.05) is 13.2 Å². The molecule has 48 heavy (non-hydrogen) atoms. The van der Waals surface area contributed by atoms with Crippen LogP contribution in [-0.4, -0.2) is 36.7 Å². The van der Waals surface area contributed by atoms with Gasteiger partial charge in [-0.05, 0) is 117 Å². The van der Waals surface area contributed by atoms with E-state index in [1.54, 1.807) is 13.8 Å². The number of hydrogen-bond acceptors (Lipinski definition) is 8. The largest absolute Gasteiger partial charge is 0.513 e. The Balaban J connectivity index is 1.72. The van der Waals surface area contributed by atoms with Gasteiger partial charge in [0.25, 0.3) is 0 Å². The number of benzene rings is 1. The summed E-state index contributed by atoms with van der Waals surface area (Å²) in [5.41, 5.74) is 9.69. The molecule has 9 heteroatoms. The van der Waals surface area contributed by atoms with Gasteiger partial charge in [0, 0.05) is 21.6 Å². The summed E-state index contributed by atoms with van der Waals surface area (Å²) in [7, 11) is 0. The van der Waals surface area contributed by atoms with Crippen LogP contribution in [0.1, 0.15) is 136 Å². The van der Waals surface area contributed by atoms with E-state index in [4.69, 9.17) is 24.7 Å². The Bertz CT molecular complexity index is 1510. The van der Waals surface area contributed by atoms with Gasteiger partial charge in [-0.3, -0.25) is 4.79 Å². The molecule has 3 fully saturated rings. The number of carbonyl (C=O) groups is 3. The SMILES string of the molecule is CCOC(=O)Oc1cc2c(c(C)c1OC(=O)OCC)C(SC(C)C)C=C1[C@@]2(C)CC[C@@]2(CC)[C@@H]3C[C@](C)(C(N)=O)CC[C@]3(C)CC[C@]12C. The molecule has 4 aliphatic rings. The van der Waals surface area contributed by atoms with E-state index < -0.39 is 17.7 Å². The number of nitrogens with two attached hydrogens (primary N) is 1. The van der Waals surface area contributed by atoms with Crippen molar-refractivity contribution < 1.29 is 33.3 Å². The van der Waals surface area contributed by atoms with Crippen LogP contribution in [0.4, 0.5) is 9.59 Å². The summed E-state index contributed by atoms with van der Waals surface area (Å²) in [5.74, 6) is 0.536. The summed E-state index contributed by atoms with van der Waals surface area (Å²) < 4.78 is 21.9. The van der Waals surface area contributed by atoms with E-state index >= 15 is 0 Å². The zero-order chi connectivity index (χ0) is 35.4. The summed E-state index contributed by atoms with van der Waals surface area (Å²) >= 11 is 1.88. The monoisotopic (exact) mass is 683 g/mol. The average molecular weight is 684 g/mol. The van der Waals surface area contributed by atoms with Gasteiger partial charge in [-0.15, -0.1) is 11.8 Å². The van der Waals surface area contributed by atoms with Gasteiger partial charge in [-0.1, -0.05) is 60.1 Å². The third-order valence-corrected chi connectivity index (χ3v) is 14.5. The Morgan fingerprint density at radius 2 is 1.54 bits per heavy atom. The summed E-state index contributed by atoms with van der Waals surface area (Å²) in [6.45, 7) is 21.9. The van der Waals surface area contributed by atoms with Crippen molar-refractivity contribution in [3.05, 3.63) is 34.4 Å². The van der Waals surface area contributed by atoms with Crippen molar-refractivity contribution in [2.45, 2.75) is 137 Å². The fourth-order valence-corrected chi connectivity index (χ4v) is 11.8. The second-order valence-electron chi connectivity index (χ2n) is 16.1. The van der Waals surface area contributed by atoms with E-state index in [2.05, 4.69) is 54.5 Å². The number of rotatable bonds is 8. The molecule has 7 atom stereocenters. The van der Waals surface area contributed by atoms with Crippen LogP contribution < -0.4 is 15.2 Å². The summed E-state index contributed by atoms with van der Waals surface area (Å²) in [5, 5.41) is 0.314. The van der Waals surface area contributed by atoms with Crippen LogP contribution in [0.5, 0.6) is 11.5 Å². The average Bonchev–Trinajstić information content (AvgIpc) is 3.01. The molecule has 1 aromatic carbocycles. The first kappa shape index (κ1) is 36.6. The highest BCUT2D eigenvalue weighted by Gasteiger charge is 2.68. The van der Waals surface area contributed by atoms with Gasteiger partial charge in [0.2, 0.25) is 5.91 Å². The van der Waals surface area contributed by atoms with Crippen LogP contribution in [0.2, 0.25) is 0 Å². The van der Waals surface area contributed by atoms with Crippen molar-refractivity contribution in [1.82, 2.24) is 0 Å². The van der Waals surface area contributed by atoms with Gasteiger partial charge in [-0.25, -0.2) is 9.59 Å². The smallest absolute Gasteiger partial charge is 0.434 e. The molecule has 5 rings (SSSR count). The molecular weight excluding hydrogens is 626 g/mol. The van der Waals surface area contributed by atoms with Gasteiger partial charge < -0.3 is 24.7 Å². The molecular formula is C39H57NO7S. The Hall–Kier alpha value is -2.68. The molecule has 1 amide bonds. The Morgan fingerprint density at radius 3 is 2.12 bits per heavy atom. The number of hydrogen-bond donors (Lipinski definition) is 1. The minimum absolute atomic E-state index is 0.000702. The first-order valence-corrected chi connectivity index (χ1v) is 18.9. The molecule has 0 aliphatic heterocycles. The number of carbonyl (C=O) groups excluding carboxylic acids is 3. The van der Waals surface area contributed by atoms with Crippen molar-refractivity contribution in [3.63, 3.8) is 0 Å². The molecule has 0 radical (unpaired) electrons. The Kier molecular flexibility index (Phi) is 9.83. The number of ether oxygens (including phenoxy) is 4. The molecule has 0 aromatic heterocycles. The predicted molar refractivity (Wildman–Crippen MR) is 189 cm³/mol. The number of fused-ring (bicyclic) bond motifs is 7. The highest BCUT2D eigenvalue weighted by molar-refractivity contribution is 8.00. The van der Waals surface area contributed by atoms with Gasteiger partial charge in [0.1, 0.15) is 0 Å². The lowest BCUT2D eigenvalue weighted by molar-refractivity contribution is -0.174. The third kappa shape index (κ3) is 5.64. The fourth-order valence-electron chi connectivity index (χ4n) is 10.5. The predicted octanol–water partition coefficient (Wildman–Crippen LogP) is 9.73. The lowest BCUT2D eigenvalue weighted by atomic mass is 9.33. The van der Waals surface area contributed by atoms with Crippen molar-refractivity contribution >= 4 is 30.0 Å². The Morgan fingerprint density at radius 1 is 0.917 bits per heavy atom. The van der Waals surface area contributed by atoms with E-state index in [0.717, 1.165) is 68.1 Å². The van der Waals surface area contributed by atoms with Crippen molar-refractivity contribution in [2.24, 2.45) is 33.3 Å². The van der Waals surface area contributed by atoms with Crippen LogP contribution in [0, 0.1) is 34.5 Å². The quantitative estimate of drug-likeness (QED) is 0.164. The maximum atomic E-state index is 12.9. The van der Waals surface area contributed by atoms with E-state index in [-0.39, 0.29) is 57.5 Å². The zero-order valence-corrected chi connectivity index (χ0v) is 31.6. The van der Waals surface area contributed by atoms with Crippen LogP contribution in [-0.2, 0) is 19.7 Å². The van der Waals surface area contributed by atoms with Crippen LogP contribution >= 0.6 is 11.8 Å². The molecule has 3 saturated carbocycles. The van der Waals surface area contributed by atoms with Gasteiger partial charge in [-0.2, -0.15) is 0 Å². The lowest BCUT2D eigenvalue weighted by Crippen LogP contribution is -2.64. The number of allylic oxidation sites excluding steroid dienone is 1. The maximum Gasteiger partial charge on any atom is 0.513 e. The van der Waals surface area contributed by atoms with E-state index in [9.17, 15) is 14.4 Å². The summed E-state index contributed by atoms with van der Waals surface area (Å²) in [4.78, 5) is 38.3. The van der Waals surface area contributed by atoms with Gasteiger partial charge in [0.15, 0.2) is 11.5 Å². The fraction of sp³-hybridized carbons (Fsp3) is 0.718. The highest BCUT2D eigenvalue weighted by Crippen LogP contribution is 2.76. The minimum Gasteiger partial charge on any atom is -0.434 e. The molecule has 0 bridgehead atoms. The minimum atomic E-state index is -0.850. The Labute approximate surface area is 291 Å². The first-order valence-electron chi connectivity index (χ1n) is 18.0. The maximum absolute atomic E-state index is 12.9. The third-order valence-electron chi connectivity index (χ3n) is 13.2. The molecule has 266 valence electrons. The normalized spacial score (nSPS) is 35.3. The lowest BCUT2D eigenvalue weighted by Gasteiger charge is -2.71. The number of amides is 1. The number of primary amides is 1. The van der Waals surface area contributed by atoms with Gasteiger partial charge in [0.05, 0.1) is 13.2 Å². The number of thioether (sulfide) groups is 1. The zero-order valence-electron chi connectivity index (χ0n) is 30.8. The van der Waals surface area contributed by atoms with E-state index in [1.165, 1.54) is 5.57 Å². The van der Waals surface area contributed by atoms with Crippen LogP contribution in [0.25, 0.3) is 0 Å². The molecule has 0 saturated heterocycles. The summed E-state index contributed by atoms with van der Waals surface area (Å²) in [6.07, 6.45) is 8.67. The molecule has 1 unspecified atom stereocenters. The molecule has 2 N–H and O–H groups in total. The molecule has 1 aromatic rings. The molecule has 0 spiro atoms. The van der Waals surface area contributed by atoms with Crippen LogP contribution in [0.3, 0.4) is 0 Å². The summed E-state index contributed by atoms with van der Waals surface area (Å²) in [6, 6.07) is 1.93. The molecule has 0 heterocycles. The highest BCUT2D eigenvalue weighted by atomic mass is 32.2. The molecule has 8 nitrogen and oxygen atoms in total. The second-order valence-corrected chi connectivity index (χ2v) is 17.8. The van der Waals surface area contributed by atoms with Crippen LogP contribution in [0.15, 0.2) is 17.7 Å².